The van der Waals surface area contributed by atoms with Gasteiger partial charge in [0.05, 0.1) is 5.39 Å². The Hall–Kier alpha value is -1.81. The van der Waals surface area contributed by atoms with Crippen molar-refractivity contribution >= 4 is 34.7 Å². The lowest BCUT2D eigenvalue weighted by Gasteiger charge is -2.03. The minimum atomic E-state index is -0.462. The summed E-state index contributed by atoms with van der Waals surface area (Å²) in [6, 6.07) is 3.09. The second-order valence-corrected chi connectivity index (χ2v) is 3.83. The number of halogens is 1. The van der Waals surface area contributed by atoms with E-state index in [0.29, 0.717) is 16.9 Å². The summed E-state index contributed by atoms with van der Waals surface area (Å²) in [7, 11) is 0. The molecule has 5 heteroatoms. The fourth-order valence-corrected chi connectivity index (χ4v) is 1.62. The Bertz CT molecular complexity index is 646. The Morgan fingerprint density at radius 1 is 1.44 bits per heavy atom. The van der Waals surface area contributed by atoms with Gasteiger partial charge in [0.15, 0.2) is 6.29 Å². The summed E-state index contributed by atoms with van der Waals surface area (Å²) >= 11 is 5.89. The van der Waals surface area contributed by atoms with Crippen LogP contribution in [0.25, 0.3) is 11.0 Å². The molecule has 4 nitrogen and oxygen atoms in total. The van der Waals surface area contributed by atoms with Gasteiger partial charge in [-0.05, 0) is 24.6 Å². The zero-order chi connectivity index (χ0) is 11.9. The Balaban J connectivity index is 2.99. The second-order valence-electron chi connectivity index (χ2n) is 3.42. The zero-order valence-electron chi connectivity index (χ0n) is 8.41. The van der Waals surface area contributed by atoms with Gasteiger partial charge in [0.1, 0.15) is 11.1 Å². The lowest BCUT2D eigenvalue weighted by atomic mass is 10.1. The monoisotopic (exact) mass is 237 g/mol. The SMILES string of the molecule is Cc1cc2oc(N)c(C=O)c(=O)c2cc1Cl. The number of nitrogen functional groups attached to an aromatic ring is 1. The number of aryl methyl sites for hydroxylation is 1. The van der Waals surface area contributed by atoms with Crippen molar-refractivity contribution in [3.8, 4) is 0 Å². The Kier molecular flexibility index (Phi) is 2.44. The number of carbonyl (C=O) groups excluding carboxylic acids is 1. The van der Waals surface area contributed by atoms with E-state index in [4.69, 9.17) is 21.8 Å². The summed E-state index contributed by atoms with van der Waals surface area (Å²) in [6.07, 6.45) is 0.383. The fraction of sp³-hybridized carbons (Fsp3) is 0.0909. The van der Waals surface area contributed by atoms with Crippen LogP contribution in [0.3, 0.4) is 0 Å². The topological polar surface area (TPSA) is 73.3 Å². The molecule has 16 heavy (non-hydrogen) atoms. The van der Waals surface area contributed by atoms with Crippen molar-refractivity contribution in [3.63, 3.8) is 0 Å². The lowest BCUT2D eigenvalue weighted by molar-refractivity contribution is 0.112. The van der Waals surface area contributed by atoms with Crippen molar-refractivity contribution < 1.29 is 9.21 Å². The molecule has 2 N–H and O–H groups in total. The van der Waals surface area contributed by atoms with E-state index in [9.17, 15) is 9.59 Å². The molecular weight excluding hydrogens is 230 g/mol. The van der Waals surface area contributed by atoms with E-state index in [0.717, 1.165) is 5.56 Å². The molecule has 1 aromatic heterocycles. The molecule has 1 heterocycles. The number of rotatable bonds is 1. The summed E-state index contributed by atoms with van der Waals surface area (Å²) in [6.45, 7) is 1.78. The molecule has 0 aliphatic carbocycles. The minimum Gasteiger partial charge on any atom is -0.440 e. The first kappa shape index (κ1) is 10.7. The zero-order valence-corrected chi connectivity index (χ0v) is 9.17. The second kappa shape index (κ2) is 3.64. The van der Waals surface area contributed by atoms with Crippen LogP contribution in [0.4, 0.5) is 5.88 Å². The van der Waals surface area contributed by atoms with E-state index in [2.05, 4.69) is 0 Å². The summed E-state index contributed by atoms with van der Waals surface area (Å²) in [5.41, 5.74) is 5.92. The van der Waals surface area contributed by atoms with Crippen LogP contribution in [0.15, 0.2) is 21.3 Å². The number of benzene rings is 1. The van der Waals surface area contributed by atoms with Crippen LogP contribution in [0.1, 0.15) is 15.9 Å². The standard InChI is InChI=1S/C11H8ClNO3/c1-5-2-9-6(3-8(5)12)10(15)7(4-14)11(13)16-9/h2-4H,13H2,1H3. The number of hydrogen-bond acceptors (Lipinski definition) is 4. The fourth-order valence-electron chi connectivity index (χ4n) is 1.46. The maximum atomic E-state index is 11.8. The average molecular weight is 238 g/mol. The molecule has 2 rings (SSSR count). The van der Waals surface area contributed by atoms with Crippen molar-refractivity contribution in [1.29, 1.82) is 0 Å². The van der Waals surface area contributed by atoms with E-state index in [1.807, 2.05) is 0 Å². The molecule has 0 aliphatic heterocycles. The highest BCUT2D eigenvalue weighted by molar-refractivity contribution is 6.32. The van der Waals surface area contributed by atoms with Crippen LogP contribution >= 0.6 is 11.6 Å². The van der Waals surface area contributed by atoms with Crippen LogP contribution in [-0.2, 0) is 0 Å². The number of carbonyl (C=O) groups is 1. The highest BCUT2D eigenvalue weighted by Crippen LogP contribution is 2.23. The third kappa shape index (κ3) is 1.47. The molecule has 0 amide bonds. The molecule has 0 bridgehead atoms. The molecule has 0 fully saturated rings. The number of hydrogen-bond donors (Lipinski definition) is 1. The van der Waals surface area contributed by atoms with E-state index in [1.165, 1.54) is 6.07 Å². The summed E-state index contributed by atoms with van der Waals surface area (Å²) in [4.78, 5) is 22.5. The molecule has 0 spiro atoms. The first-order valence-corrected chi connectivity index (χ1v) is 4.90. The molecule has 82 valence electrons. The third-order valence-electron chi connectivity index (χ3n) is 2.35. The van der Waals surface area contributed by atoms with Gasteiger partial charge in [-0.1, -0.05) is 11.6 Å². The number of nitrogens with two attached hydrogens (primary N) is 1. The molecule has 0 aliphatic rings. The maximum Gasteiger partial charge on any atom is 0.205 e. The molecule has 0 atom stereocenters. The molecule has 0 saturated carbocycles. The first-order valence-electron chi connectivity index (χ1n) is 4.52. The van der Waals surface area contributed by atoms with Crippen molar-refractivity contribution in [1.82, 2.24) is 0 Å². The number of fused-ring (bicyclic) bond motifs is 1. The normalized spacial score (nSPS) is 10.6. The summed E-state index contributed by atoms with van der Waals surface area (Å²) < 4.78 is 5.19. The highest BCUT2D eigenvalue weighted by atomic mass is 35.5. The van der Waals surface area contributed by atoms with Gasteiger partial charge in [-0.15, -0.1) is 0 Å². The van der Waals surface area contributed by atoms with Gasteiger partial charge in [-0.2, -0.15) is 0 Å². The van der Waals surface area contributed by atoms with Crippen molar-refractivity contribution in [3.05, 3.63) is 38.5 Å². The van der Waals surface area contributed by atoms with Gasteiger partial charge in [0.2, 0.25) is 11.3 Å². The van der Waals surface area contributed by atoms with Gasteiger partial charge in [0.25, 0.3) is 0 Å². The average Bonchev–Trinajstić information content (AvgIpc) is 2.22. The predicted octanol–water partition coefficient (Wildman–Crippen LogP) is 2.15. The predicted molar refractivity (Wildman–Crippen MR) is 62.0 cm³/mol. The van der Waals surface area contributed by atoms with Gasteiger partial charge in [-0.3, -0.25) is 9.59 Å². The van der Waals surface area contributed by atoms with Crippen LogP contribution in [0.2, 0.25) is 5.02 Å². The summed E-state index contributed by atoms with van der Waals surface area (Å²) in [5, 5.41) is 0.702. The van der Waals surface area contributed by atoms with Crippen LogP contribution in [0.5, 0.6) is 0 Å². The molecule has 0 radical (unpaired) electrons. The van der Waals surface area contributed by atoms with E-state index in [-0.39, 0.29) is 16.8 Å². The van der Waals surface area contributed by atoms with Gasteiger partial charge in [0, 0.05) is 5.02 Å². The molecule has 2 aromatic rings. The minimum absolute atomic E-state index is 0.172. The van der Waals surface area contributed by atoms with Gasteiger partial charge < -0.3 is 10.2 Å². The van der Waals surface area contributed by atoms with E-state index in [1.54, 1.807) is 13.0 Å². The lowest BCUT2D eigenvalue weighted by Crippen LogP contribution is -2.11. The Morgan fingerprint density at radius 3 is 2.75 bits per heavy atom. The molecule has 0 saturated heterocycles. The largest absolute Gasteiger partial charge is 0.440 e. The summed E-state index contributed by atoms with van der Waals surface area (Å²) in [5.74, 6) is -0.172. The first-order chi connectivity index (χ1) is 7.54. The van der Waals surface area contributed by atoms with Crippen molar-refractivity contribution in [2.45, 2.75) is 6.92 Å². The van der Waals surface area contributed by atoms with E-state index >= 15 is 0 Å². The van der Waals surface area contributed by atoms with Crippen LogP contribution in [0, 0.1) is 6.92 Å². The Labute approximate surface area is 95.6 Å². The molecule has 1 aromatic carbocycles. The molecular formula is C11H8ClNO3. The van der Waals surface area contributed by atoms with Crippen LogP contribution < -0.4 is 11.2 Å². The van der Waals surface area contributed by atoms with E-state index < -0.39 is 5.43 Å². The van der Waals surface area contributed by atoms with Crippen molar-refractivity contribution in [2.24, 2.45) is 0 Å². The third-order valence-corrected chi connectivity index (χ3v) is 2.76. The smallest absolute Gasteiger partial charge is 0.205 e. The quantitative estimate of drug-likeness (QED) is 0.772. The number of aldehydes is 1. The number of anilines is 1. The highest BCUT2D eigenvalue weighted by Gasteiger charge is 2.12. The Morgan fingerprint density at radius 2 is 2.12 bits per heavy atom. The van der Waals surface area contributed by atoms with Gasteiger partial charge >= 0.3 is 0 Å². The van der Waals surface area contributed by atoms with Gasteiger partial charge in [-0.25, -0.2) is 0 Å². The maximum absolute atomic E-state index is 11.8. The van der Waals surface area contributed by atoms with Crippen molar-refractivity contribution in [2.75, 3.05) is 5.73 Å². The molecule has 0 unspecified atom stereocenters. The van der Waals surface area contributed by atoms with Crippen LogP contribution in [-0.4, -0.2) is 6.29 Å².